The molecule has 0 bridgehead atoms. The number of hydrogen-bond donors (Lipinski definition) is 0. The fourth-order valence-electron chi connectivity index (χ4n) is 3.92. The van der Waals surface area contributed by atoms with Crippen molar-refractivity contribution >= 4 is 5.97 Å². The third-order valence-corrected chi connectivity index (χ3v) is 6.39. The molecule has 0 aliphatic heterocycles. The van der Waals surface area contributed by atoms with Crippen LogP contribution in [-0.2, 0) is 11.2 Å². The van der Waals surface area contributed by atoms with E-state index in [4.69, 9.17) is 4.74 Å². The van der Waals surface area contributed by atoms with E-state index in [0.717, 1.165) is 30.7 Å². The van der Waals surface area contributed by atoms with Crippen LogP contribution in [0.1, 0.15) is 110 Å². The van der Waals surface area contributed by atoms with Crippen LogP contribution in [0.15, 0.2) is 36.7 Å². The molecule has 2 rings (SSSR count). The SMILES string of the molecule is CCCCCCCCCCc1cnc(-c2ccc(OC(=O)CCCCC(C)CC)cc2)nc1. The number of carbonyl (C=O) groups excluding carboxylic acids is 1. The molecule has 1 unspecified atom stereocenters. The van der Waals surface area contributed by atoms with Crippen molar-refractivity contribution in [3.05, 3.63) is 42.2 Å². The predicted molar refractivity (Wildman–Crippen MR) is 137 cm³/mol. The molecule has 0 fully saturated rings. The fraction of sp³-hybridized carbons (Fsp3) is 0.621. The minimum Gasteiger partial charge on any atom is -0.427 e. The molecule has 0 N–H and O–H groups in total. The number of nitrogens with zero attached hydrogens (tertiary/aromatic N) is 2. The summed E-state index contributed by atoms with van der Waals surface area (Å²) in [4.78, 5) is 21.1. The molecule has 1 aromatic heterocycles. The molecule has 1 atom stereocenters. The first kappa shape index (κ1) is 27.0. The Hall–Kier alpha value is -2.23. The van der Waals surface area contributed by atoms with E-state index in [-0.39, 0.29) is 5.97 Å². The maximum Gasteiger partial charge on any atom is 0.311 e. The normalized spacial score (nSPS) is 12.0. The monoisotopic (exact) mass is 452 g/mol. The third kappa shape index (κ3) is 11.5. The van der Waals surface area contributed by atoms with Gasteiger partial charge in [-0.15, -0.1) is 0 Å². The highest BCUT2D eigenvalue weighted by molar-refractivity contribution is 5.72. The number of unbranched alkanes of at least 4 members (excludes halogenated alkanes) is 8. The first-order chi connectivity index (χ1) is 16.1. The van der Waals surface area contributed by atoms with Gasteiger partial charge in [0.25, 0.3) is 0 Å². The topological polar surface area (TPSA) is 52.1 Å². The van der Waals surface area contributed by atoms with Crippen molar-refractivity contribution in [3.8, 4) is 17.1 Å². The lowest BCUT2D eigenvalue weighted by Gasteiger charge is -2.08. The van der Waals surface area contributed by atoms with Gasteiger partial charge >= 0.3 is 5.97 Å². The zero-order valence-corrected chi connectivity index (χ0v) is 21.2. The Morgan fingerprint density at radius 1 is 0.848 bits per heavy atom. The molecule has 0 aliphatic carbocycles. The number of hydrogen-bond acceptors (Lipinski definition) is 4. The summed E-state index contributed by atoms with van der Waals surface area (Å²) in [5.41, 5.74) is 2.13. The van der Waals surface area contributed by atoms with Crippen LogP contribution < -0.4 is 4.74 Å². The first-order valence-corrected chi connectivity index (χ1v) is 13.2. The highest BCUT2D eigenvalue weighted by Gasteiger charge is 2.07. The number of aromatic nitrogens is 2. The number of rotatable bonds is 17. The average molecular weight is 453 g/mol. The number of ether oxygens (including phenoxy) is 1. The zero-order chi connectivity index (χ0) is 23.7. The van der Waals surface area contributed by atoms with Crippen molar-refractivity contribution < 1.29 is 9.53 Å². The lowest BCUT2D eigenvalue weighted by molar-refractivity contribution is -0.134. The molecule has 1 heterocycles. The molecule has 1 aromatic carbocycles. The van der Waals surface area contributed by atoms with Crippen molar-refractivity contribution in [1.29, 1.82) is 0 Å². The summed E-state index contributed by atoms with van der Waals surface area (Å²) in [6, 6.07) is 7.48. The Labute approximate surface area is 201 Å². The highest BCUT2D eigenvalue weighted by atomic mass is 16.5. The summed E-state index contributed by atoms with van der Waals surface area (Å²) < 4.78 is 5.47. The number of benzene rings is 1. The summed E-state index contributed by atoms with van der Waals surface area (Å²) in [5.74, 6) is 1.86. The van der Waals surface area contributed by atoms with Crippen LogP contribution in [0.25, 0.3) is 11.4 Å². The van der Waals surface area contributed by atoms with Crippen molar-refractivity contribution in [2.75, 3.05) is 0 Å². The van der Waals surface area contributed by atoms with Crippen LogP contribution in [0.5, 0.6) is 5.75 Å². The molecule has 0 saturated carbocycles. The van der Waals surface area contributed by atoms with E-state index in [1.807, 2.05) is 36.7 Å². The largest absolute Gasteiger partial charge is 0.427 e. The molecule has 4 nitrogen and oxygen atoms in total. The minimum absolute atomic E-state index is 0.159. The van der Waals surface area contributed by atoms with Gasteiger partial charge < -0.3 is 4.74 Å². The van der Waals surface area contributed by atoms with E-state index in [9.17, 15) is 4.79 Å². The summed E-state index contributed by atoms with van der Waals surface area (Å²) >= 11 is 0. The maximum atomic E-state index is 12.1. The minimum atomic E-state index is -0.159. The van der Waals surface area contributed by atoms with Gasteiger partial charge in [-0.3, -0.25) is 4.79 Å². The van der Waals surface area contributed by atoms with Gasteiger partial charge in [-0.05, 0) is 55.0 Å². The van der Waals surface area contributed by atoms with Crippen LogP contribution in [0.3, 0.4) is 0 Å². The van der Waals surface area contributed by atoms with Gasteiger partial charge in [0.1, 0.15) is 5.75 Å². The van der Waals surface area contributed by atoms with E-state index in [1.165, 1.54) is 69.8 Å². The Kier molecular flexibility index (Phi) is 13.4. The van der Waals surface area contributed by atoms with Gasteiger partial charge in [-0.2, -0.15) is 0 Å². The average Bonchev–Trinajstić information content (AvgIpc) is 2.84. The molecule has 0 amide bonds. The number of aryl methyl sites for hydroxylation is 1. The van der Waals surface area contributed by atoms with Gasteiger partial charge in [-0.25, -0.2) is 9.97 Å². The maximum absolute atomic E-state index is 12.1. The second kappa shape index (κ2) is 16.4. The second-order valence-corrected chi connectivity index (χ2v) is 9.40. The summed E-state index contributed by atoms with van der Waals surface area (Å²) in [7, 11) is 0. The molecule has 0 aliphatic rings. The summed E-state index contributed by atoms with van der Waals surface area (Å²) in [6.07, 6.45) is 20.4. The fourth-order valence-corrected chi connectivity index (χ4v) is 3.92. The highest BCUT2D eigenvalue weighted by Crippen LogP contribution is 2.20. The van der Waals surface area contributed by atoms with Crippen LogP contribution >= 0.6 is 0 Å². The quantitative estimate of drug-likeness (QED) is 0.137. The molecule has 4 heteroatoms. The smallest absolute Gasteiger partial charge is 0.311 e. The molecule has 182 valence electrons. The lowest BCUT2D eigenvalue weighted by atomic mass is 10.0. The van der Waals surface area contributed by atoms with Gasteiger partial charge in [0.05, 0.1) is 0 Å². The lowest BCUT2D eigenvalue weighted by Crippen LogP contribution is -2.07. The van der Waals surface area contributed by atoms with Gasteiger partial charge in [0.15, 0.2) is 5.82 Å². The van der Waals surface area contributed by atoms with E-state index in [0.29, 0.717) is 18.0 Å². The molecule has 0 radical (unpaired) electrons. The molecule has 2 aromatic rings. The molecule has 0 spiro atoms. The Bertz CT molecular complexity index is 771. The summed E-state index contributed by atoms with van der Waals surface area (Å²) in [6.45, 7) is 6.73. The van der Waals surface area contributed by atoms with Gasteiger partial charge in [0.2, 0.25) is 0 Å². The van der Waals surface area contributed by atoms with E-state index in [1.54, 1.807) is 0 Å². The Morgan fingerprint density at radius 2 is 1.48 bits per heavy atom. The zero-order valence-electron chi connectivity index (χ0n) is 21.2. The van der Waals surface area contributed by atoms with E-state index in [2.05, 4.69) is 30.7 Å². The predicted octanol–water partition coefficient (Wildman–Crippen LogP) is 8.34. The summed E-state index contributed by atoms with van der Waals surface area (Å²) in [5, 5.41) is 0. The van der Waals surface area contributed by atoms with Gasteiger partial charge in [-0.1, -0.05) is 85.0 Å². The number of esters is 1. The van der Waals surface area contributed by atoms with Crippen LogP contribution in [0, 0.1) is 5.92 Å². The number of carbonyl (C=O) groups is 1. The molecular weight excluding hydrogens is 408 g/mol. The van der Waals surface area contributed by atoms with Crippen molar-refractivity contribution in [3.63, 3.8) is 0 Å². The second-order valence-electron chi connectivity index (χ2n) is 9.40. The van der Waals surface area contributed by atoms with Crippen molar-refractivity contribution in [2.45, 2.75) is 111 Å². The Balaban J connectivity index is 1.68. The van der Waals surface area contributed by atoms with Crippen LogP contribution in [-0.4, -0.2) is 15.9 Å². The molecule has 0 saturated heterocycles. The van der Waals surface area contributed by atoms with Crippen molar-refractivity contribution in [2.24, 2.45) is 5.92 Å². The van der Waals surface area contributed by atoms with Gasteiger partial charge in [0, 0.05) is 24.4 Å². The third-order valence-electron chi connectivity index (χ3n) is 6.39. The van der Waals surface area contributed by atoms with E-state index >= 15 is 0 Å². The van der Waals surface area contributed by atoms with Crippen LogP contribution in [0.2, 0.25) is 0 Å². The van der Waals surface area contributed by atoms with E-state index < -0.39 is 0 Å². The Morgan fingerprint density at radius 3 is 2.12 bits per heavy atom. The molecular formula is C29H44N2O2. The van der Waals surface area contributed by atoms with Crippen LogP contribution in [0.4, 0.5) is 0 Å². The molecule has 33 heavy (non-hydrogen) atoms. The first-order valence-electron chi connectivity index (χ1n) is 13.2. The van der Waals surface area contributed by atoms with Crippen molar-refractivity contribution in [1.82, 2.24) is 9.97 Å². The standard InChI is InChI=1S/C29H44N2O2/c1-4-6-7-8-9-10-11-12-16-25-22-30-29(31-23-25)26-18-20-27(21-19-26)33-28(32)17-14-13-15-24(3)5-2/h18-24H,4-17H2,1-3H3.